The third-order valence-electron chi connectivity index (χ3n) is 4.21. The van der Waals surface area contributed by atoms with Gasteiger partial charge >= 0.3 is 5.97 Å². The van der Waals surface area contributed by atoms with Gasteiger partial charge in [-0.2, -0.15) is 5.10 Å². The van der Waals surface area contributed by atoms with E-state index in [0.29, 0.717) is 0 Å². The molecule has 26 heavy (non-hydrogen) atoms. The number of hydrogen-bond acceptors (Lipinski definition) is 6. The molecule has 0 bridgehead atoms. The highest BCUT2D eigenvalue weighted by Gasteiger charge is 2.61. The van der Waals surface area contributed by atoms with Crippen LogP contribution < -0.4 is 4.90 Å². The van der Waals surface area contributed by atoms with Gasteiger partial charge in [-0.1, -0.05) is 23.2 Å². The Morgan fingerprint density at radius 1 is 1.15 bits per heavy atom. The van der Waals surface area contributed by atoms with Crippen LogP contribution in [0.2, 0.25) is 10.0 Å². The molecule has 136 valence electrons. The highest BCUT2D eigenvalue weighted by molar-refractivity contribution is 6.40. The molecular formula is C16H13Cl2N3O5. The smallest absolute Gasteiger partial charge is 0.354 e. The standard InChI is InChI=1S/C16H13Cl2N3O5/c1-8(22)21-16(6-12(19-21)14(24)26-2)7-13(23)20(15(16)25)11-4-9(17)3-10(18)5-11/h3-5H,6-7H2,1-2H3/t16-/m0/s1. The van der Waals surface area contributed by atoms with Gasteiger partial charge in [0.2, 0.25) is 11.8 Å². The summed E-state index contributed by atoms with van der Waals surface area (Å²) in [6, 6.07) is 4.29. The number of methoxy groups -OCH3 is 1. The zero-order chi connectivity index (χ0) is 19.2. The Morgan fingerprint density at radius 3 is 2.31 bits per heavy atom. The second-order valence-electron chi connectivity index (χ2n) is 5.92. The number of halogens is 2. The normalized spacial score (nSPS) is 22.2. The van der Waals surface area contributed by atoms with Gasteiger partial charge in [0.05, 0.1) is 19.2 Å². The molecule has 0 saturated carbocycles. The van der Waals surface area contributed by atoms with Crippen molar-refractivity contribution in [3.63, 3.8) is 0 Å². The Kier molecular flexibility index (Phi) is 4.49. The number of amides is 3. The van der Waals surface area contributed by atoms with Crippen molar-refractivity contribution < 1.29 is 23.9 Å². The second kappa shape index (κ2) is 6.37. The van der Waals surface area contributed by atoms with Crippen LogP contribution in [-0.2, 0) is 23.9 Å². The summed E-state index contributed by atoms with van der Waals surface area (Å²) >= 11 is 11.9. The number of hydrazone groups is 1. The Labute approximate surface area is 158 Å². The van der Waals surface area contributed by atoms with E-state index in [1.54, 1.807) is 0 Å². The topological polar surface area (TPSA) is 96.3 Å². The van der Waals surface area contributed by atoms with Gasteiger partial charge in [-0.25, -0.2) is 14.7 Å². The first kappa shape index (κ1) is 18.3. The van der Waals surface area contributed by atoms with Crippen molar-refractivity contribution in [2.75, 3.05) is 12.0 Å². The van der Waals surface area contributed by atoms with Gasteiger partial charge in [-0.3, -0.25) is 14.4 Å². The fraction of sp³-hybridized carbons (Fsp3) is 0.312. The Hall–Kier alpha value is -2.45. The van der Waals surface area contributed by atoms with Crippen LogP contribution in [0.5, 0.6) is 0 Å². The van der Waals surface area contributed by atoms with E-state index < -0.39 is 29.2 Å². The van der Waals surface area contributed by atoms with Crippen molar-refractivity contribution >= 4 is 58.3 Å². The summed E-state index contributed by atoms with van der Waals surface area (Å²) in [5, 5.41) is 5.29. The van der Waals surface area contributed by atoms with Crippen LogP contribution >= 0.6 is 23.2 Å². The number of benzene rings is 1. The lowest BCUT2D eigenvalue weighted by Crippen LogP contribution is -2.51. The Bertz CT molecular complexity index is 864. The molecule has 0 unspecified atom stereocenters. The van der Waals surface area contributed by atoms with Crippen molar-refractivity contribution in [2.24, 2.45) is 5.10 Å². The van der Waals surface area contributed by atoms with Gasteiger partial charge < -0.3 is 4.74 Å². The van der Waals surface area contributed by atoms with Crippen LogP contribution in [0.4, 0.5) is 5.69 Å². The third-order valence-corrected chi connectivity index (χ3v) is 4.64. The molecule has 1 fully saturated rings. The molecule has 8 nitrogen and oxygen atoms in total. The minimum absolute atomic E-state index is 0.102. The van der Waals surface area contributed by atoms with Crippen LogP contribution in [0, 0.1) is 0 Å². The lowest BCUT2D eigenvalue weighted by atomic mass is 9.91. The average molecular weight is 398 g/mol. The fourth-order valence-corrected chi connectivity index (χ4v) is 3.68. The van der Waals surface area contributed by atoms with Crippen molar-refractivity contribution in [3.8, 4) is 0 Å². The average Bonchev–Trinajstić information content (AvgIpc) is 3.04. The predicted molar refractivity (Wildman–Crippen MR) is 92.9 cm³/mol. The van der Waals surface area contributed by atoms with Gasteiger partial charge in [0, 0.05) is 23.4 Å². The molecular weight excluding hydrogens is 385 g/mol. The molecule has 1 saturated heterocycles. The molecule has 1 spiro atoms. The van der Waals surface area contributed by atoms with Crippen molar-refractivity contribution in [2.45, 2.75) is 25.3 Å². The van der Waals surface area contributed by atoms with Gasteiger partial charge in [-0.15, -0.1) is 0 Å². The summed E-state index contributed by atoms with van der Waals surface area (Å²) in [6.07, 6.45) is -0.534. The fourth-order valence-electron chi connectivity index (χ4n) is 3.17. The molecule has 1 aromatic rings. The Morgan fingerprint density at radius 2 is 1.77 bits per heavy atom. The number of nitrogens with zero attached hydrogens (tertiary/aromatic N) is 3. The van der Waals surface area contributed by atoms with E-state index in [0.717, 1.165) is 17.0 Å². The number of hydrogen-bond donors (Lipinski definition) is 0. The van der Waals surface area contributed by atoms with Crippen LogP contribution in [0.1, 0.15) is 19.8 Å². The van der Waals surface area contributed by atoms with Gasteiger partial charge in [0.25, 0.3) is 5.91 Å². The van der Waals surface area contributed by atoms with Crippen molar-refractivity contribution in [1.82, 2.24) is 5.01 Å². The molecule has 2 heterocycles. The monoisotopic (exact) mass is 397 g/mol. The van der Waals surface area contributed by atoms with E-state index in [4.69, 9.17) is 23.2 Å². The Balaban J connectivity index is 2.04. The largest absolute Gasteiger partial charge is 0.464 e. The summed E-state index contributed by atoms with van der Waals surface area (Å²) in [7, 11) is 1.16. The molecule has 3 amide bonds. The number of rotatable bonds is 2. The SMILES string of the molecule is COC(=O)C1=NN(C(C)=O)[C@]2(CC(=O)N(c3cc(Cl)cc(Cl)c3)C2=O)C1. The van der Waals surface area contributed by atoms with E-state index in [1.807, 2.05) is 0 Å². The first-order valence-corrected chi connectivity index (χ1v) is 8.25. The molecule has 0 aliphatic carbocycles. The first-order chi connectivity index (χ1) is 12.2. The highest BCUT2D eigenvalue weighted by Crippen LogP contribution is 2.41. The number of esters is 1. The summed E-state index contributed by atoms with van der Waals surface area (Å²) in [5.74, 6) is -2.58. The van der Waals surface area contributed by atoms with E-state index >= 15 is 0 Å². The van der Waals surface area contributed by atoms with Crippen LogP contribution in [-0.4, -0.2) is 47.1 Å². The predicted octanol–water partition coefficient (Wildman–Crippen LogP) is 1.78. The summed E-state index contributed by atoms with van der Waals surface area (Å²) in [6.45, 7) is 1.20. The number of ether oxygens (including phenoxy) is 1. The second-order valence-corrected chi connectivity index (χ2v) is 6.79. The molecule has 2 aliphatic rings. The lowest BCUT2D eigenvalue weighted by Gasteiger charge is -2.28. The van der Waals surface area contributed by atoms with Gasteiger partial charge in [-0.05, 0) is 18.2 Å². The molecule has 0 aromatic heterocycles. The number of carbonyl (C=O) groups excluding carboxylic acids is 4. The van der Waals surface area contributed by atoms with Crippen molar-refractivity contribution in [1.29, 1.82) is 0 Å². The van der Waals surface area contributed by atoms with Gasteiger partial charge in [0.1, 0.15) is 5.71 Å². The zero-order valence-corrected chi connectivity index (χ0v) is 15.3. The maximum absolute atomic E-state index is 13.1. The zero-order valence-electron chi connectivity index (χ0n) is 13.8. The molecule has 10 heteroatoms. The van der Waals surface area contributed by atoms with E-state index in [9.17, 15) is 19.2 Å². The molecule has 1 aromatic carbocycles. The van der Waals surface area contributed by atoms with Crippen LogP contribution in [0.15, 0.2) is 23.3 Å². The van der Waals surface area contributed by atoms with Gasteiger partial charge in [0.15, 0.2) is 5.54 Å². The van der Waals surface area contributed by atoms with Crippen molar-refractivity contribution in [3.05, 3.63) is 28.2 Å². The molecule has 3 rings (SSSR count). The number of imide groups is 1. The maximum atomic E-state index is 13.1. The van der Waals surface area contributed by atoms with Crippen LogP contribution in [0.25, 0.3) is 0 Å². The summed E-state index contributed by atoms with van der Waals surface area (Å²) < 4.78 is 4.62. The van der Waals surface area contributed by atoms with E-state index in [-0.39, 0.29) is 34.3 Å². The third kappa shape index (κ3) is 2.75. The number of carbonyl (C=O) groups is 4. The molecule has 0 radical (unpaired) electrons. The highest BCUT2D eigenvalue weighted by atomic mass is 35.5. The van der Waals surface area contributed by atoms with E-state index in [2.05, 4.69) is 9.84 Å². The van der Waals surface area contributed by atoms with Crippen LogP contribution in [0.3, 0.4) is 0 Å². The molecule has 0 N–H and O–H groups in total. The molecule has 2 aliphatic heterocycles. The lowest BCUT2D eigenvalue weighted by molar-refractivity contribution is -0.141. The minimum Gasteiger partial charge on any atom is -0.464 e. The first-order valence-electron chi connectivity index (χ1n) is 7.49. The maximum Gasteiger partial charge on any atom is 0.354 e. The summed E-state index contributed by atoms with van der Waals surface area (Å²) in [5.41, 5.74) is -1.51. The molecule has 1 atom stereocenters. The number of anilines is 1. The minimum atomic E-state index is -1.60. The summed E-state index contributed by atoms with van der Waals surface area (Å²) in [4.78, 5) is 50.5. The quantitative estimate of drug-likeness (QED) is 0.559. The van der Waals surface area contributed by atoms with E-state index in [1.165, 1.54) is 25.1 Å².